The number of carbonyl (C=O) groups is 2. The Kier molecular flexibility index (Phi) is 7.08. The van der Waals surface area contributed by atoms with Crippen LogP contribution in [0.25, 0.3) is 0 Å². The second-order valence-corrected chi connectivity index (χ2v) is 8.19. The zero-order valence-corrected chi connectivity index (χ0v) is 18.1. The summed E-state index contributed by atoms with van der Waals surface area (Å²) >= 11 is 0. The van der Waals surface area contributed by atoms with Crippen molar-refractivity contribution in [3.8, 4) is 11.5 Å². The Hall–Kier alpha value is -3.60. The molecule has 0 saturated heterocycles. The molecule has 0 aromatic heterocycles. The summed E-state index contributed by atoms with van der Waals surface area (Å²) in [5.74, 6) is 0.481. The van der Waals surface area contributed by atoms with Crippen LogP contribution in [0, 0.1) is 0 Å². The first kappa shape index (κ1) is 22.1. The second-order valence-electron chi connectivity index (χ2n) is 8.19. The maximum Gasteiger partial charge on any atom is 0.325 e. The summed E-state index contributed by atoms with van der Waals surface area (Å²) in [7, 11) is 0. The summed E-state index contributed by atoms with van der Waals surface area (Å²) in [6.07, 6.45) is 0. The molecule has 0 unspecified atom stereocenters. The highest BCUT2D eigenvalue weighted by atomic mass is 16.5. The van der Waals surface area contributed by atoms with Gasteiger partial charge in [-0.1, -0.05) is 69.3 Å². The molecule has 0 aliphatic carbocycles. The number of nitrogens with one attached hydrogen (secondary N) is 1. The van der Waals surface area contributed by atoms with Crippen molar-refractivity contribution in [1.82, 2.24) is 5.32 Å². The van der Waals surface area contributed by atoms with E-state index < -0.39 is 5.97 Å². The molecule has 3 rings (SSSR count). The number of carbonyl (C=O) groups excluding carboxylic acids is 2. The van der Waals surface area contributed by atoms with Crippen LogP contribution in [-0.2, 0) is 21.6 Å². The Balaban J connectivity index is 1.51. The molecular weight excluding hydrogens is 390 g/mol. The van der Waals surface area contributed by atoms with Crippen molar-refractivity contribution in [2.45, 2.75) is 32.8 Å². The number of hydrogen-bond donors (Lipinski definition) is 1. The summed E-state index contributed by atoms with van der Waals surface area (Å²) in [6.45, 7) is 6.18. The van der Waals surface area contributed by atoms with E-state index in [0.717, 1.165) is 11.1 Å². The number of esters is 1. The van der Waals surface area contributed by atoms with Gasteiger partial charge in [-0.25, -0.2) is 0 Å². The van der Waals surface area contributed by atoms with Gasteiger partial charge in [0.05, 0.1) is 0 Å². The summed E-state index contributed by atoms with van der Waals surface area (Å²) in [6, 6.07) is 24.1. The molecule has 0 bridgehead atoms. The SMILES string of the molecule is CC(C)(C)c1ccc(C(=O)NCC(=O)OCc2ccccc2Oc2ccccc2)cc1. The van der Waals surface area contributed by atoms with Gasteiger partial charge in [-0.05, 0) is 41.3 Å². The molecule has 0 aliphatic rings. The van der Waals surface area contributed by atoms with Crippen molar-refractivity contribution in [2.75, 3.05) is 6.54 Å². The molecule has 5 heteroatoms. The van der Waals surface area contributed by atoms with E-state index in [-0.39, 0.29) is 24.5 Å². The lowest BCUT2D eigenvalue weighted by Crippen LogP contribution is -2.30. The average molecular weight is 418 g/mol. The van der Waals surface area contributed by atoms with E-state index in [1.165, 1.54) is 0 Å². The Labute approximate surface area is 183 Å². The van der Waals surface area contributed by atoms with Crippen LogP contribution < -0.4 is 10.1 Å². The fourth-order valence-corrected chi connectivity index (χ4v) is 2.92. The third-order valence-corrected chi connectivity index (χ3v) is 4.74. The highest BCUT2D eigenvalue weighted by Gasteiger charge is 2.15. The second kappa shape index (κ2) is 9.94. The van der Waals surface area contributed by atoms with Gasteiger partial charge < -0.3 is 14.8 Å². The lowest BCUT2D eigenvalue weighted by atomic mass is 9.87. The van der Waals surface area contributed by atoms with E-state index in [1.807, 2.05) is 66.7 Å². The third kappa shape index (κ3) is 6.44. The summed E-state index contributed by atoms with van der Waals surface area (Å²) in [5, 5.41) is 2.60. The maximum atomic E-state index is 12.3. The van der Waals surface area contributed by atoms with E-state index in [2.05, 4.69) is 26.1 Å². The molecule has 3 aromatic rings. The molecule has 0 spiro atoms. The largest absolute Gasteiger partial charge is 0.459 e. The molecule has 1 amide bonds. The first-order valence-electron chi connectivity index (χ1n) is 10.2. The van der Waals surface area contributed by atoms with Crippen LogP contribution in [0.2, 0.25) is 0 Å². The van der Waals surface area contributed by atoms with Crippen LogP contribution in [0.3, 0.4) is 0 Å². The quantitative estimate of drug-likeness (QED) is 0.533. The van der Waals surface area contributed by atoms with Crippen molar-refractivity contribution in [1.29, 1.82) is 0 Å². The zero-order valence-electron chi connectivity index (χ0n) is 18.1. The number of rotatable bonds is 7. The fourth-order valence-electron chi connectivity index (χ4n) is 2.92. The van der Waals surface area contributed by atoms with Gasteiger partial charge >= 0.3 is 5.97 Å². The predicted molar refractivity (Wildman–Crippen MR) is 120 cm³/mol. The van der Waals surface area contributed by atoms with Crippen molar-refractivity contribution in [3.05, 3.63) is 95.6 Å². The van der Waals surface area contributed by atoms with Gasteiger partial charge in [0.1, 0.15) is 24.7 Å². The van der Waals surface area contributed by atoms with Crippen molar-refractivity contribution < 1.29 is 19.1 Å². The van der Waals surface area contributed by atoms with Gasteiger partial charge in [-0.2, -0.15) is 0 Å². The van der Waals surface area contributed by atoms with Gasteiger partial charge in [-0.3, -0.25) is 9.59 Å². The normalized spacial score (nSPS) is 10.9. The van der Waals surface area contributed by atoms with Crippen LogP contribution in [0.15, 0.2) is 78.9 Å². The lowest BCUT2D eigenvalue weighted by molar-refractivity contribution is -0.143. The lowest BCUT2D eigenvalue weighted by Gasteiger charge is -2.19. The van der Waals surface area contributed by atoms with E-state index in [4.69, 9.17) is 9.47 Å². The Morgan fingerprint density at radius 3 is 2.16 bits per heavy atom. The van der Waals surface area contributed by atoms with Crippen LogP contribution >= 0.6 is 0 Å². The first-order valence-corrected chi connectivity index (χ1v) is 10.2. The molecule has 0 fully saturated rings. The summed E-state index contributed by atoms with van der Waals surface area (Å²) in [5.41, 5.74) is 2.39. The summed E-state index contributed by atoms with van der Waals surface area (Å²) in [4.78, 5) is 24.4. The van der Waals surface area contributed by atoms with Gasteiger partial charge in [-0.15, -0.1) is 0 Å². The Morgan fingerprint density at radius 1 is 0.839 bits per heavy atom. The number of para-hydroxylation sites is 2. The van der Waals surface area contributed by atoms with Crippen LogP contribution in [-0.4, -0.2) is 18.4 Å². The van der Waals surface area contributed by atoms with Crippen LogP contribution in [0.4, 0.5) is 0 Å². The average Bonchev–Trinajstić information content (AvgIpc) is 2.77. The highest BCUT2D eigenvalue weighted by molar-refractivity contribution is 5.95. The van der Waals surface area contributed by atoms with Gasteiger partial charge in [0.2, 0.25) is 0 Å². The van der Waals surface area contributed by atoms with E-state index in [0.29, 0.717) is 17.1 Å². The smallest absolute Gasteiger partial charge is 0.325 e. The molecule has 31 heavy (non-hydrogen) atoms. The fraction of sp³-hybridized carbons (Fsp3) is 0.231. The van der Waals surface area contributed by atoms with Crippen LogP contribution in [0.1, 0.15) is 42.3 Å². The van der Waals surface area contributed by atoms with Crippen molar-refractivity contribution in [2.24, 2.45) is 0 Å². The molecule has 160 valence electrons. The number of ether oxygens (including phenoxy) is 2. The van der Waals surface area contributed by atoms with Gasteiger partial charge in [0.15, 0.2) is 0 Å². The van der Waals surface area contributed by atoms with Crippen LogP contribution in [0.5, 0.6) is 11.5 Å². The van der Waals surface area contributed by atoms with Gasteiger partial charge in [0.25, 0.3) is 5.91 Å². The first-order chi connectivity index (χ1) is 14.8. The van der Waals surface area contributed by atoms with E-state index >= 15 is 0 Å². The monoisotopic (exact) mass is 417 g/mol. The molecule has 0 atom stereocenters. The minimum Gasteiger partial charge on any atom is -0.459 e. The standard InChI is InChI=1S/C26H27NO4/c1-26(2,3)21-15-13-19(14-16-21)25(29)27-17-24(28)30-18-20-9-7-8-12-23(20)31-22-10-5-4-6-11-22/h4-16H,17-18H2,1-3H3,(H,27,29). The predicted octanol–water partition coefficient (Wildman–Crippen LogP) is 5.25. The molecular formula is C26H27NO4. The molecule has 3 aromatic carbocycles. The van der Waals surface area contributed by atoms with Crippen molar-refractivity contribution >= 4 is 11.9 Å². The summed E-state index contributed by atoms with van der Waals surface area (Å²) < 4.78 is 11.2. The van der Waals surface area contributed by atoms with E-state index in [1.54, 1.807) is 12.1 Å². The zero-order chi connectivity index (χ0) is 22.3. The van der Waals surface area contributed by atoms with E-state index in [9.17, 15) is 9.59 Å². The van der Waals surface area contributed by atoms with Crippen molar-refractivity contribution in [3.63, 3.8) is 0 Å². The molecule has 0 aliphatic heterocycles. The Bertz CT molecular complexity index is 1020. The molecule has 5 nitrogen and oxygen atoms in total. The number of hydrogen-bond acceptors (Lipinski definition) is 4. The molecule has 1 N–H and O–H groups in total. The molecule has 0 heterocycles. The minimum absolute atomic E-state index is 0.0132. The molecule has 0 saturated carbocycles. The maximum absolute atomic E-state index is 12.3. The number of benzene rings is 3. The topological polar surface area (TPSA) is 64.6 Å². The third-order valence-electron chi connectivity index (χ3n) is 4.74. The molecule has 0 radical (unpaired) electrons. The minimum atomic E-state index is -0.519. The van der Waals surface area contributed by atoms with Gasteiger partial charge in [0, 0.05) is 11.1 Å². The highest BCUT2D eigenvalue weighted by Crippen LogP contribution is 2.25. The number of amides is 1. The Morgan fingerprint density at radius 2 is 1.48 bits per heavy atom.